The first-order valence-corrected chi connectivity index (χ1v) is 7.01. The standard InChI is InChI=1S/C11H15NO7S/c1-7-9(6-8(19-7)11(15)18-3)20(16,17)12(2)5-4-10(13)14/h6H,4-5H2,1-3H3,(H,13,14). The molecule has 112 valence electrons. The Morgan fingerprint density at radius 1 is 1.45 bits per heavy atom. The van der Waals surface area contributed by atoms with E-state index in [4.69, 9.17) is 9.52 Å². The molecule has 1 rings (SSSR count). The van der Waals surface area contributed by atoms with Crippen LogP contribution < -0.4 is 0 Å². The molecule has 0 saturated carbocycles. The van der Waals surface area contributed by atoms with E-state index < -0.39 is 22.0 Å². The molecule has 0 unspecified atom stereocenters. The molecule has 0 bridgehead atoms. The van der Waals surface area contributed by atoms with E-state index in [1.54, 1.807) is 0 Å². The van der Waals surface area contributed by atoms with Crippen molar-refractivity contribution in [1.82, 2.24) is 4.31 Å². The van der Waals surface area contributed by atoms with Gasteiger partial charge in [-0.05, 0) is 6.92 Å². The highest BCUT2D eigenvalue weighted by Gasteiger charge is 2.28. The van der Waals surface area contributed by atoms with E-state index in [0.29, 0.717) is 0 Å². The van der Waals surface area contributed by atoms with Crippen LogP contribution in [0.4, 0.5) is 0 Å². The number of ether oxygens (including phenoxy) is 1. The van der Waals surface area contributed by atoms with E-state index in [0.717, 1.165) is 17.5 Å². The Balaban J connectivity index is 3.06. The highest BCUT2D eigenvalue weighted by Crippen LogP contribution is 2.23. The van der Waals surface area contributed by atoms with Gasteiger partial charge in [-0.1, -0.05) is 0 Å². The number of carbonyl (C=O) groups excluding carboxylic acids is 1. The average Bonchev–Trinajstić information content (AvgIpc) is 2.77. The molecule has 9 heteroatoms. The molecular formula is C11H15NO7S. The number of aliphatic carboxylic acids is 1. The molecule has 0 fully saturated rings. The summed E-state index contributed by atoms with van der Waals surface area (Å²) in [6.07, 6.45) is -0.323. The maximum Gasteiger partial charge on any atom is 0.373 e. The highest BCUT2D eigenvalue weighted by atomic mass is 32.2. The first-order valence-electron chi connectivity index (χ1n) is 5.57. The molecule has 0 radical (unpaired) electrons. The molecule has 0 aliphatic carbocycles. The number of sulfonamides is 1. The third-order valence-electron chi connectivity index (χ3n) is 2.59. The van der Waals surface area contributed by atoms with Crippen molar-refractivity contribution < 1.29 is 32.3 Å². The topological polar surface area (TPSA) is 114 Å². The van der Waals surface area contributed by atoms with Crippen molar-refractivity contribution in [3.63, 3.8) is 0 Å². The van der Waals surface area contributed by atoms with Gasteiger partial charge in [0.05, 0.1) is 13.5 Å². The summed E-state index contributed by atoms with van der Waals surface area (Å²) in [5, 5.41) is 8.56. The predicted octanol–water partition coefficient (Wildman–Crippen LogP) is 0.470. The Kier molecular flexibility index (Phi) is 4.90. The first-order chi connectivity index (χ1) is 9.20. The molecule has 1 aromatic rings. The number of furan rings is 1. The van der Waals surface area contributed by atoms with Gasteiger partial charge < -0.3 is 14.3 Å². The largest absolute Gasteiger partial charge is 0.481 e. The molecule has 1 heterocycles. The number of carboxylic acids is 1. The fraction of sp³-hybridized carbons (Fsp3) is 0.455. The summed E-state index contributed by atoms with van der Waals surface area (Å²) in [5.41, 5.74) is 0. The number of hydrogen-bond acceptors (Lipinski definition) is 6. The lowest BCUT2D eigenvalue weighted by atomic mass is 10.4. The molecule has 0 aliphatic heterocycles. The lowest BCUT2D eigenvalue weighted by Crippen LogP contribution is -2.29. The zero-order valence-corrected chi connectivity index (χ0v) is 12.1. The van der Waals surface area contributed by atoms with E-state index in [1.165, 1.54) is 14.0 Å². The van der Waals surface area contributed by atoms with Gasteiger partial charge in [-0.15, -0.1) is 0 Å². The van der Waals surface area contributed by atoms with E-state index >= 15 is 0 Å². The van der Waals surface area contributed by atoms with Crippen LogP contribution in [0.15, 0.2) is 15.4 Å². The van der Waals surface area contributed by atoms with E-state index in [-0.39, 0.29) is 29.4 Å². The maximum absolute atomic E-state index is 12.2. The minimum absolute atomic E-state index is 0.0348. The fourth-order valence-corrected chi connectivity index (χ4v) is 2.79. The zero-order valence-electron chi connectivity index (χ0n) is 11.2. The van der Waals surface area contributed by atoms with Crippen molar-refractivity contribution in [2.24, 2.45) is 0 Å². The maximum atomic E-state index is 12.2. The second-order valence-electron chi connectivity index (χ2n) is 3.99. The number of methoxy groups -OCH3 is 1. The molecule has 1 N–H and O–H groups in total. The molecule has 0 spiro atoms. The van der Waals surface area contributed by atoms with Gasteiger partial charge in [-0.2, -0.15) is 0 Å². The molecule has 0 aliphatic rings. The third-order valence-corrected chi connectivity index (χ3v) is 4.55. The van der Waals surface area contributed by atoms with E-state index in [2.05, 4.69) is 4.74 Å². The van der Waals surface area contributed by atoms with Gasteiger partial charge in [0.15, 0.2) is 0 Å². The van der Waals surface area contributed by atoms with Crippen LogP contribution in [0.2, 0.25) is 0 Å². The summed E-state index contributed by atoms with van der Waals surface area (Å²) in [4.78, 5) is 21.6. The Hall–Kier alpha value is -1.87. The number of hydrogen-bond donors (Lipinski definition) is 1. The lowest BCUT2D eigenvalue weighted by Gasteiger charge is -2.15. The van der Waals surface area contributed by atoms with Crippen LogP contribution in [0.25, 0.3) is 0 Å². The zero-order chi connectivity index (χ0) is 15.5. The number of carboxylic acid groups (broad SMARTS) is 1. The van der Waals surface area contributed by atoms with E-state index in [1.807, 2.05) is 0 Å². The Labute approximate surface area is 116 Å². The highest BCUT2D eigenvalue weighted by molar-refractivity contribution is 7.89. The van der Waals surface area contributed by atoms with Gasteiger partial charge in [0.2, 0.25) is 15.8 Å². The second-order valence-corrected chi connectivity index (χ2v) is 6.01. The molecule has 1 aromatic heterocycles. The number of aryl methyl sites for hydroxylation is 1. The van der Waals surface area contributed by atoms with Crippen molar-refractivity contribution in [2.75, 3.05) is 20.7 Å². The normalized spacial score (nSPS) is 11.6. The molecule has 0 saturated heterocycles. The van der Waals surface area contributed by atoms with Gasteiger partial charge in [-0.25, -0.2) is 17.5 Å². The molecule has 20 heavy (non-hydrogen) atoms. The van der Waals surface area contributed by atoms with Gasteiger partial charge in [-0.3, -0.25) is 4.79 Å². The SMILES string of the molecule is COC(=O)c1cc(S(=O)(=O)N(C)CCC(=O)O)c(C)o1. The van der Waals surface area contributed by atoms with Crippen LogP contribution in [0, 0.1) is 6.92 Å². The lowest BCUT2D eigenvalue weighted by molar-refractivity contribution is -0.137. The van der Waals surface area contributed by atoms with Gasteiger partial charge in [0.25, 0.3) is 0 Å². The number of carbonyl (C=O) groups is 2. The van der Waals surface area contributed by atoms with Crippen LogP contribution in [0.3, 0.4) is 0 Å². The second kappa shape index (κ2) is 6.06. The van der Waals surface area contributed by atoms with Crippen LogP contribution in [0.5, 0.6) is 0 Å². The van der Waals surface area contributed by atoms with Gasteiger partial charge in [0, 0.05) is 19.7 Å². The Bertz CT molecular complexity index is 617. The first kappa shape index (κ1) is 16.2. The summed E-state index contributed by atoms with van der Waals surface area (Å²) in [6.45, 7) is 1.21. The van der Waals surface area contributed by atoms with Crippen LogP contribution in [0.1, 0.15) is 22.7 Å². The Morgan fingerprint density at radius 2 is 2.05 bits per heavy atom. The number of esters is 1. The van der Waals surface area contributed by atoms with Crippen molar-refractivity contribution >= 4 is 22.0 Å². The summed E-state index contributed by atoms with van der Waals surface area (Å²) in [5.74, 6) is -2.09. The van der Waals surface area contributed by atoms with Crippen molar-refractivity contribution in [3.8, 4) is 0 Å². The minimum atomic E-state index is -3.92. The number of nitrogens with zero attached hydrogens (tertiary/aromatic N) is 1. The summed E-state index contributed by atoms with van der Waals surface area (Å²) in [6, 6.07) is 1.06. The average molecular weight is 305 g/mol. The fourth-order valence-electron chi connectivity index (χ4n) is 1.46. The van der Waals surface area contributed by atoms with Crippen LogP contribution >= 0.6 is 0 Å². The minimum Gasteiger partial charge on any atom is -0.481 e. The molecular weight excluding hydrogens is 290 g/mol. The predicted molar refractivity (Wildman–Crippen MR) is 66.9 cm³/mol. The van der Waals surface area contributed by atoms with Gasteiger partial charge >= 0.3 is 11.9 Å². The monoisotopic (exact) mass is 305 g/mol. The summed E-state index contributed by atoms with van der Waals surface area (Å²) < 4.78 is 34.8. The number of rotatable bonds is 6. The summed E-state index contributed by atoms with van der Waals surface area (Å²) >= 11 is 0. The van der Waals surface area contributed by atoms with Crippen molar-refractivity contribution in [3.05, 3.63) is 17.6 Å². The quantitative estimate of drug-likeness (QED) is 0.760. The molecule has 0 aromatic carbocycles. The van der Waals surface area contributed by atoms with Crippen LogP contribution in [-0.2, 0) is 19.6 Å². The third kappa shape index (κ3) is 3.36. The molecule has 0 atom stereocenters. The molecule has 8 nitrogen and oxygen atoms in total. The van der Waals surface area contributed by atoms with Crippen LogP contribution in [-0.4, -0.2) is 50.5 Å². The smallest absolute Gasteiger partial charge is 0.373 e. The van der Waals surface area contributed by atoms with Crippen molar-refractivity contribution in [1.29, 1.82) is 0 Å². The van der Waals surface area contributed by atoms with E-state index in [9.17, 15) is 18.0 Å². The summed E-state index contributed by atoms with van der Waals surface area (Å²) in [7, 11) is -1.52. The van der Waals surface area contributed by atoms with Crippen molar-refractivity contribution in [2.45, 2.75) is 18.2 Å². The molecule has 0 amide bonds. The Morgan fingerprint density at radius 3 is 2.55 bits per heavy atom. The van der Waals surface area contributed by atoms with Gasteiger partial charge in [0.1, 0.15) is 10.7 Å².